The number of rotatable bonds is 12. The van der Waals surface area contributed by atoms with E-state index < -0.39 is 12.7 Å². The summed E-state index contributed by atoms with van der Waals surface area (Å²) in [7, 11) is 1.56. The molecule has 2 amide bonds. The Labute approximate surface area is 248 Å². The molecule has 9 nitrogen and oxygen atoms in total. The molecule has 0 spiro atoms. The lowest BCUT2D eigenvalue weighted by Gasteiger charge is -2.32. The van der Waals surface area contributed by atoms with E-state index in [4.69, 9.17) is 9.47 Å². The zero-order valence-corrected chi connectivity index (χ0v) is 23.8. The highest BCUT2D eigenvalue weighted by molar-refractivity contribution is 6.04. The molecule has 2 N–H and O–H groups in total. The average Bonchev–Trinajstić information content (AvgIpc) is 3.85. The Hall–Kier alpha value is -4.67. The van der Waals surface area contributed by atoms with Crippen molar-refractivity contribution in [2.24, 2.45) is 11.0 Å². The number of ether oxygens (including phenoxy) is 3. The van der Waals surface area contributed by atoms with E-state index in [1.54, 1.807) is 79.0 Å². The summed E-state index contributed by atoms with van der Waals surface area (Å²) >= 11 is 0. The zero-order valence-electron chi connectivity index (χ0n) is 23.8. The number of anilines is 2. The van der Waals surface area contributed by atoms with Crippen LogP contribution in [0.15, 0.2) is 71.8 Å². The Kier molecular flexibility index (Phi) is 9.70. The minimum Gasteiger partial charge on any atom is -0.497 e. The molecule has 1 atom stereocenters. The van der Waals surface area contributed by atoms with Gasteiger partial charge in [-0.3, -0.25) is 14.6 Å². The van der Waals surface area contributed by atoms with Crippen molar-refractivity contribution < 1.29 is 32.6 Å². The topological polar surface area (TPSA) is 101 Å². The molecule has 1 unspecified atom stereocenters. The minimum atomic E-state index is -2.95. The van der Waals surface area contributed by atoms with Crippen molar-refractivity contribution in [3.63, 3.8) is 0 Å². The van der Waals surface area contributed by atoms with Crippen LogP contribution >= 0.6 is 0 Å². The molecule has 0 aromatic heterocycles. The number of hydrazone groups is 1. The summed E-state index contributed by atoms with van der Waals surface area (Å²) in [5, 5.41) is 12.1. The Bertz CT molecular complexity index is 1430. The van der Waals surface area contributed by atoms with Crippen LogP contribution in [0.5, 0.6) is 17.2 Å². The fourth-order valence-corrected chi connectivity index (χ4v) is 4.67. The molecule has 1 aliphatic heterocycles. The fourth-order valence-electron chi connectivity index (χ4n) is 4.67. The number of halogens is 2. The van der Waals surface area contributed by atoms with E-state index in [9.17, 15) is 18.4 Å². The van der Waals surface area contributed by atoms with Gasteiger partial charge in [0, 0.05) is 23.5 Å². The number of alkyl halides is 2. The number of nitrogens with one attached hydrogen (secondary N) is 2. The third-order valence-corrected chi connectivity index (χ3v) is 7.25. The van der Waals surface area contributed by atoms with Gasteiger partial charge in [-0.15, -0.1) is 0 Å². The zero-order chi connectivity index (χ0) is 30.2. The number of nitrogens with zero attached hydrogens (tertiary/aromatic N) is 2. The Morgan fingerprint density at radius 3 is 2.35 bits per heavy atom. The van der Waals surface area contributed by atoms with E-state index in [-0.39, 0.29) is 23.3 Å². The van der Waals surface area contributed by atoms with Gasteiger partial charge in [-0.2, -0.15) is 13.9 Å². The first-order chi connectivity index (χ1) is 20.9. The smallest absolute Gasteiger partial charge is 0.387 e. The normalized spacial score (nSPS) is 16.7. The van der Waals surface area contributed by atoms with Crippen LogP contribution < -0.4 is 24.8 Å². The van der Waals surface area contributed by atoms with Gasteiger partial charge in [-0.05, 0) is 110 Å². The predicted molar refractivity (Wildman–Crippen MR) is 159 cm³/mol. The maximum absolute atomic E-state index is 13.2. The van der Waals surface area contributed by atoms with Gasteiger partial charge in [0.2, 0.25) is 5.91 Å². The maximum Gasteiger partial charge on any atom is 0.387 e. The van der Waals surface area contributed by atoms with Crippen molar-refractivity contribution in [2.45, 2.75) is 44.8 Å². The first-order valence-electron chi connectivity index (χ1n) is 14.3. The van der Waals surface area contributed by atoms with Crippen LogP contribution in [0.3, 0.4) is 0 Å². The van der Waals surface area contributed by atoms with Crippen LogP contribution in [0.25, 0.3) is 0 Å². The first kappa shape index (κ1) is 29.8. The summed E-state index contributed by atoms with van der Waals surface area (Å²) in [6.45, 7) is -1.91. The number of carbonyl (C=O) groups is 2. The molecule has 0 radical (unpaired) electrons. The average molecular weight is 593 g/mol. The van der Waals surface area contributed by atoms with Crippen molar-refractivity contribution in [1.29, 1.82) is 0 Å². The lowest BCUT2D eigenvalue weighted by atomic mass is 10.0. The number of hydrogen-bond donors (Lipinski definition) is 2. The molecule has 0 bridgehead atoms. The van der Waals surface area contributed by atoms with Gasteiger partial charge in [0.05, 0.1) is 19.9 Å². The second-order valence-electron chi connectivity index (χ2n) is 10.5. The Balaban J connectivity index is 1.19. The van der Waals surface area contributed by atoms with E-state index >= 15 is 0 Å². The largest absolute Gasteiger partial charge is 0.497 e. The van der Waals surface area contributed by atoms with Gasteiger partial charge >= 0.3 is 6.61 Å². The fraction of sp³-hybridized carbons (Fsp3) is 0.344. The summed E-state index contributed by atoms with van der Waals surface area (Å²) in [6, 6.07) is 17.9. The number of benzene rings is 3. The van der Waals surface area contributed by atoms with Crippen LogP contribution in [-0.4, -0.2) is 56.0 Å². The molecule has 5 rings (SSSR count). The molecule has 3 aromatic rings. The van der Waals surface area contributed by atoms with Gasteiger partial charge in [0.1, 0.15) is 11.8 Å². The SMILES string of the molecule is COc1ccc(C(=O)Nc2ccc(NC(=O)C3CCCCN3/N=C/c3ccc(OC(F)F)c(OCC4CC4)c3)cc2)cc1. The van der Waals surface area contributed by atoms with Gasteiger partial charge in [0.15, 0.2) is 11.5 Å². The van der Waals surface area contributed by atoms with E-state index in [1.807, 2.05) is 0 Å². The quantitative estimate of drug-likeness (QED) is 0.244. The molecular formula is C32H34F2N4O5. The summed E-state index contributed by atoms with van der Waals surface area (Å²) in [5.74, 6) is 0.882. The molecule has 1 saturated heterocycles. The molecule has 3 aromatic carbocycles. The highest BCUT2D eigenvalue weighted by Crippen LogP contribution is 2.34. The Morgan fingerprint density at radius 2 is 1.67 bits per heavy atom. The standard InChI is InChI=1S/C32H34F2N4O5/c1-41-26-14-8-23(9-15-26)30(39)36-24-10-12-25(13-11-24)37-31(40)27-4-2-3-17-38(27)35-19-22-7-16-28(43-32(33)34)29(18-22)42-20-21-5-6-21/h7-16,18-19,21,27,32H,2-6,17,20H2,1H3,(H,36,39)(H,37,40)/b35-19+. The van der Waals surface area contributed by atoms with E-state index in [0.717, 1.165) is 25.7 Å². The highest BCUT2D eigenvalue weighted by atomic mass is 19.3. The van der Waals surface area contributed by atoms with Crippen LogP contribution in [0, 0.1) is 5.92 Å². The Morgan fingerprint density at radius 1 is 0.953 bits per heavy atom. The van der Waals surface area contributed by atoms with Crippen molar-refractivity contribution in [2.75, 3.05) is 30.9 Å². The number of carbonyl (C=O) groups excluding carboxylic acids is 2. The summed E-state index contributed by atoms with van der Waals surface area (Å²) in [6.07, 6.45) is 6.14. The van der Waals surface area contributed by atoms with Crippen molar-refractivity contribution >= 4 is 29.4 Å². The molecular weight excluding hydrogens is 558 g/mol. The number of hydrogen-bond acceptors (Lipinski definition) is 7. The number of amides is 2. The van der Waals surface area contributed by atoms with Gasteiger partial charge in [0.25, 0.3) is 5.91 Å². The van der Waals surface area contributed by atoms with Gasteiger partial charge < -0.3 is 24.8 Å². The summed E-state index contributed by atoms with van der Waals surface area (Å²) < 4.78 is 41.2. The van der Waals surface area contributed by atoms with Gasteiger partial charge in [-0.25, -0.2) is 0 Å². The lowest BCUT2D eigenvalue weighted by Crippen LogP contribution is -2.44. The molecule has 2 aliphatic rings. The number of methoxy groups -OCH3 is 1. The summed E-state index contributed by atoms with van der Waals surface area (Å²) in [4.78, 5) is 25.8. The lowest BCUT2D eigenvalue weighted by molar-refractivity contribution is -0.122. The minimum absolute atomic E-state index is 0.0191. The number of piperidine rings is 1. The maximum atomic E-state index is 13.2. The third kappa shape index (κ3) is 8.43. The predicted octanol–water partition coefficient (Wildman–Crippen LogP) is 6.16. The van der Waals surface area contributed by atoms with Crippen LogP contribution in [0.2, 0.25) is 0 Å². The molecule has 1 saturated carbocycles. The molecule has 226 valence electrons. The van der Waals surface area contributed by atoms with E-state index in [0.29, 0.717) is 53.7 Å². The van der Waals surface area contributed by atoms with E-state index in [1.165, 1.54) is 6.07 Å². The second kappa shape index (κ2) is 14.0. The van der Waals surface area contributed by atoms with Crippen LogP contribution in [0.1, 0.15) is 48.0 Å². The van der Waals surface area contributed by atoms with Crippen molar-refractivity contribution in [1.82, 2.24) is 5.01 Å². The van der Waals surface area contributed by atoms with E-state index in [2.05, 4.69) is 20.5 Å². The van der Waals surface area contributed by atoms with Crippen LogP contribution in [0.4, 0.5) is 20.2 Å². The third-order valence-electron chi connectivity index (χ3n) is 7.25. The molecule has 1 heterocycles. The monoisotopic (exact) mass is 592 g/mol. The van der Waals surface area contributed by atoms with Crippen molar-refractivity contribution in [3.05, 3.63) is 77.9 Å². The van der Waals surface area contributed by atoms with Gasteiger partial charge in [-0.1, -0.05) is 0 Å². The molecule has 1 aliphatic carbocycles. The molecule has 2 fully saturated rings. The highest BCUT2D eigenvalue weighted by Gasteiger charge is 2.28. The van der Waals surface area contributed by atoms with Crippen LogP contribution in [-0.2, 0) is 4.79 Å². The second-order valence-corrected chi connectivity index (χ2v) is 10.5. The summed E-state index contributed by atoms with van der Waals surface area (Å²) in [5.41, 5.74) is 2.32. The van der Waals surface area contributed by atoms with Crippen molar-refractivity contribution in [3.8, 4) is 17.2 Å². The molecule has 11 heteroatoms. The molecule has 43 heavy (non-hydrogen) atoms. The first-order valence-corrected chi connectivity index (χ1v) is 14.3.